The molecule has 0 radical (unpaired) electrons. The Morgan fingerprint density at radius 2 is 0.701 bits per heavy atom. The number of nitrogens with zero attached hydrogens (tertiary/aromatic N) is 5. The molecule has 0 unspecified atom stereocenters. The number of aryl methyl sites for hydroxylation is 2. The molecule has 0 aromatic heterocycles. The van der Waals surface area contributed by atoms with E-state index in [1.807, 2.05) is 24.3 Å². The molecule has 0 fully saturated rings. The molecule has 0 aliphatic carbocycles. The molecule has 0 atom stereocenters. The summed E-state index contributed by atoms with van der Waals surface area (Å²) in [5.74, 6) is -1.74. The summed E-state index contributed by atoms with van der Waals surface area (Å²) in [6.45, 7) is 4.51. The molecule has 0 amide bonds. The van der Waals surface area contributed by atoms with Crippen molar-refractivity contribution in [3.05, 3.63) is 148 Å². The summed E-state index contributed by atoms with van der Waals surface area (Å²) in [6, 6.07) is 32.5. The maximum absolute atomic E-state index is 13.3. The minimum Gasteiger partial charge on any atom is -0.423 e. The zero-order valence-corrected chi connectivity index (χ0v) is 39.7. The van der Waals surface area contributed by atoms with E-state index in [0.717, 1.165) is 24.2 Å². The third-order valence-electron chi connectivity index (χ3n) is 11.8. The molecule has 67 heavy (non-hydrogen) atoms. The average Bonchev–Trinajstić information content (AvgIpc) is 3.35. The lowest BCUT2D eigenvalue weighted by molar-refractivity contribution is -0.385. The van der Waals surface area contributed by atoms with E-state index in [0.29, 0.717) is 11.4 Å². The predicted molar refractivity (Wildman–Crippen MR) is 268 cm³/mol. The van der Waals surface area contributed by atoms with Gasteiger partial charge in [0.05, 0.1) is 27.7 Å². The van der Waals surface area contributed by atoms with Crippen LogP contribution < -0.4 is 9.47 Å². The number of hydrogen-bond donors (Lipinski definition) is 0. The maximum atomic E-state index is 13.3. The van der Waals surface area contributed by atoms with E-state index in [2.05, 4.69) is 58.6 Å². The first-order valence-corrected chi connectivity index (χ1v) is 24.8. The highest BCUT2D eigenvalue weighted by Crippen LogP contribution is 2.29. The first-order chi connectivity index (χ1) is 32.8. The molecule has 0 spiro atoms. The van der Waals surface area contributed by atoms with Crippen molar-refractivity contribution in [1.82, 2.24) is 0 Å². The number of benzene rings is 5. The molecule has 5 rings (SSSR count). The van der Waals surface area contributed by atoms with Crippen LogP contribution in [0.5, 0.6) is 11.5 Å². The summed E-state index contributed by atoms with van der Waals surface area (Å²) in [5.41, 5.74) is 3.53. The largest absolute Gasteiger partial charge is 0.423 e. The molecule has 354 valence electrons. The van der Waals surface area contributed by atoms with Crippen molar-refractivity contribution in [3.8, 4) is 11.5 Å². The molecule has 0 saturated carbocycles. The van der Waals surface area contributed by atoms with Crippen molar-refractivity contribution in [2.75, 3.05) is 0 Å². The van der Waals surface area contributed by atoms with Crippen LogP contribution in [0.2, 0.25) is 0 Å². The van der Waals surface area contributed by atoms with Gasteiger partial charge in [-0.25, -0.2) is 9.59 Å². The highest BCUT2D eigenvalue weighted by molar-refractivity contribution is 6.03. The molecular weight excluding hydrogens is 839 g/mol. The molecule has 5 aromatic carbocycles. The Morgan fingerprint density at radius 1 is 0.418 bits per heavy atom. The predicted octanol–water partition coefficient (Wildman–Crippen LogP) is 17.8. The number of azo groups is 2. The molecule has 0 aliphatic heterocycles. The minimum atomic E-state index is -1.01. The maximum Gasteiger partial charge on any atom is 0.350 e. The summed E-state index contributed by atoms with van der Waals surface area (Å²) in [4.78, 5) is 38.0. The molecule has 5 aromatic rings. The van der Waals surface area contributed by atoms with Gasteiger partial charge in [0.25, 0.3) is 5.69 Å². The number of ether oxygens (including phenoxy) is 2. The topological polar surface area (TPSA) is 145 Å². The van der Waals surface area contributed by atoms with E-state index in [-0.39, 0.29) is 11.5 Å². The lowest BCUT2D eigenvalue weighted by Crippen LogP contribution is -2.16. The van der Waals surface area contributed by atoms with Crippen molar-refractivity contribution >= 4 is 40.4 Å². The lowest BCUT2D eigenvalue weighted by Gasteiger charge is -2.09. The number of esters is 2. The first kappa shape index (κ1) is 51.6. The Bertz CT molecular complexity index is 2140. The number of carbonyl (C=O) groups is 2. The Morgan fingerprint density at radius 3 is 1.00 bits per heavy atom. The van der Waals surface area contributed by atoms with E-state index in [9.17, 15) is 19.7 Å². The molecule has 11 nitrogen and oxygen atoms in total. The number of para-hydroxylation sites is 1. The summed E-state index contributed by atoms with van der Waals surface area (Å²) in [6.07, 6.45) is 28.4. The third-order valence-corrected chi connectivity index (χ3v) is 11.8. The number of nitro groups is 1. The molecule has 0 heterocycles. The lowest BCUT2D eigenvalue weighted by atomic mass is 10.0. The Labute approximate surface area is 397 Å². The third kappa shape index (κ3) is 19.2. The number of hydrogen-bond acceptors (Lipinski definition) is 10. The van der Waals surface area contributed by atoms with E-state index < -0.39 is 33.7 Å². The van der Waals surface area contributed by atoms with Crippen LogP contribution in [0.4, 0.5) is 28.4 Å². The minimum absolute atomic E-state index is 0.136. The van der Waals surface area contributed by atoms with Gasteiger partial charge in [0.1, 0.15) is 22.6 Å². The van der Waals surface area contributed by atoms with Gasteiger partial charge in [-0.3, -0.25) is 10.1 Å². The Balaban J connectivity index is 1.05. The Hall–Kier alpha value is -6.36. The van der Waals surface area contributed by atoms with Gasteiger partial charge >= 0.3 is 11.9 Å². The van der Waals surface area contributed by atoms with Crippen molar-refractivity contribution < 1.29 is 24.0 Å². The zero-order valence-electron chi connectivity index (χ0n) is 39.7. The number of unbranched alkanes of at least 4 members (excludes halogenated alkanes) is 18. The van der Waals surface area contributed by atoms with Crippen LogP contribution in [0.3, 0.4) is 0 Å². The van der Waals surface area contributed by atoms with Gasteiger partial charge in [0.15, 0.2) is 0 Å². The number of nitro benzene ring substituents is 1. The summed E-state index contributed by atoms with van der Waals surface area (Å²) in [5, 5.41) is 29.5. The molecular formula is C56H69N5O6. The van der Waals surface area contributed by atoms with Crippen LogP contribution in [0.1, 0.15) is 174 Å². The summed E-state index contributed by atoms with van der Waals surface area (Å²) in [7, 11) is 0. The van der Waals surface area contributed by atoms with Gasteiger partial charge in [-0.1, -0.05) is 160 Å². The second-order valence-electron chi connectivity index (χ2n) is 17.3. The van der Waals surface area contributed by atoms with Crippen LogP contribution in [-0.2, 0) is 12.8 Å². The van der Waals surface area contributed by atoms with E-state index >= 15 is 0 Å². The average molecular weight is 908 g/mol. The standard InChI is InChI=1S/C56H69N5O6/c1-3-5-7-9-11-13-15-17-19-21-24-44-28-32-46(33-29-44)57-59-48-36-40-50(41-37-48)66-55(62)52-26-23-27-53(54(52)61(64)65)56(63)67-51-42-38-49(39-43-51)60-58-47-34-30-45(31-35-47)25-22-20-18-16-14-12-10-8-6-4-2/h23,26-43H,3-22,24-25H2,1-2H3. The second kappa shape index (κ2) is 30.0. The number of rotatable bonds is 31. The SMILES string of the molecule is CCCCCCCCCCCCc1ccc(N=Nc2ccc(OC(=O)c3cccc(C(=O)Oc4ccc(N=Nc5ccc(CCCCCCCCCCCC)cc5)cc4)c3[N+](=O)[O-])cc2)cc1. The van der Waals surface area contributed by atoms with E-state index in [1.54, 1.807) is 24.3 Å². The van der Waals surface area contributed by atoms with Crippen LogP contribution in [0, 0.1) is 10.1 Å². The van der Waals surface area contributed by atoms with Crippen LogP contribution >= 0.6 is 0 Å². The van der Waals surface area contributed by atoms with E-state index in [4.69, 9.17) is 9.47 Å². The fourth-order valence-electron chi connectivity index (χ4n) is 7.88. The van der Waals surface area contributed by atoms with Gasteiger partial charge < -0.3 is 9.47 Å². The highest BCUT2D eigenvalue weighted by atomic mass is 16.6. The summed E-state index contributed by atoms with van der Waals surface area (Å²) < 4.78 is 11.0. The van der Waals surface area contributed by atoms with Crippen molar-refractivity contribution in [2.24, 2.45) is 20.5 Å². The van der Waals surface area contributed by atoms with E-state index in [1.165, 1.54) is 182 Å². The van der Waals surface area contributed by atoms with Crippen molar-refractivity contribution in [1.29, 1.82) is 0 Å². The molecule has 0 saturated heterocycles. The van der Waals surface area contributed by atoms with Crippen molar-refractivity contribution in [3.63, 3.8) is 0 Å². The molecule has 11 heteroatoms. The van der Waals surface area contributed by atoms with Gasteiger partial charge in [-0.05, 0) is 122 Å². The zero-order chi connectivity index (χ0) is 47.3. The van der Waals surface area contributed by atoms with Gasteiger partial charge in [0.2, 0.25) is 0 Å². The van der Waals surface area contributed by atoms with Gasteiger partial charge in [-0.2, -0.15) is 20.5 Å². The number of carbonyl (C=O) groups excluding carboxylic acids is 2. The quantitative estimate of drug-likeness (QED) is 0.0108. The highest BCUT2D eigenvalue weighted by Gasteiger charge is 2.30. The van der Waals surface area contributed by atoms with Gasteiger partial charge in [0, 0.05) is 0 Å². The van der Waals surface area contributed by atoms with Gasteiger partial charge in [-0.15, -0.1) is 0 Å². The molecule has 0 N–H and O–H groups in total. The summed E-state index contributed by atoms with van der Waals surface area (Å²) >= 11 is 0. The second-order valence-corrected chi connectivity index (χ2v) is 17.3. The normalized spacial score (nSPS) is 11.4. The van der Waals surface area contributed by atoms with Crippen LogP contribution in [-0.4, -0.2) is 16.9 Å². The first-order valence-electron chi connectivity index (χ1n) is 24.8. The monoisotopic (exact) mass is 908 g/mol. The fourth-order valence-corrected chi connectivity index (χ4v) is 7.88. The Kier molecular flexibility index (Phi) is 23.1. The van der Waals surface area contributed by atoms with Crippen LogP contribution in [0.25, 0.3) is 0 Å². The smallest absolute Gasteiger partial charge is 0.350 e. The fraction of sp³-hybridized carbons (Fsp3) is 0.429. The molecule has 0 bridgehead atoms. The molecule has 0 aliphatic rings. The van der Waals surface area contributed by atoms with Crippen LogP contribution in [0.15, 0.2) is 136 Å². The van der Waals surface area contributed by atoms with Crippen molar-refractivity contribution in [2.45, 2.75) is 155 Å².